The van der Waals surface area contributed by atoms with Gasteiger partial charge in [-0.1, -0.05) is 36.4 Å². The van der Waals surface area contributed by atoms with Crippen molar-refractivity contribution in [2.75, 3.05) is 26.4 Å². The van der Waals surface area contributed by atoms with Crippen molar-refractivity contribution >= 4 is 10.9 Å². The van der Waals surface area contributed by atoms with E-state index in [1.807, 2.05) is 0 Å². The van der Waals surface area contributed by atoms with Crippen LogP contribution in [0, 0.1) is 13.8 Å². The second-order valence-corrected chi connectivity index (χ2v) is 8.82. The largest absolute Gasteiger partial charge is 0.491 e. The Bertz CT molecular complexity index is 803. The first-order valence-electron chi connectivity index (χ1n) is 9.53. The molecule has 1 N–H and O–H groups in total. The lowest BCUT2D eigenvalue weighted by atomic mass is 10.1. The Hall–Kier alpha value is -2.27. The van der Waals surface area contributed by atoms with E-state index in [1.165, 1.54) is 14.7 Å². The topological polar surface area (TPSA) is 38.7 Å². The molecule has 4 heteroatoms. The summed E-state index contributed by atoms with van der Waals surface area (Å²) in [5.41, 5.74) is 2.27. The molecule has 148 valence electrons. The standard InChI is InChI=1S/C24H28O3S/c1-19-17-23(18-20(2)24(19)27-16-15-26-14-13-25)28(21-9-5-3-6-10-21)22-11-7-4-8-12-22/h3-12,17-18,25,28H,13-16H2,1-2H3. The van der Waals surface area contributed by atoms with Gasteiger partial charge in [0.15, 0.2) is 0 Å². The Labute approximate surface area is 170 Å². The van der Waals surface area contributed by atoms with Crippen LogP contribution in [-0.4, -0.2) is 31.5 Å². The first-order valence-corrected chi connectivity index (χ1v) is 10.9. The van der Waals surface area contributed by atoms with E-state index in [2.05, 4.69) is 86.6 Å². The summed E-state index contributed by atoms with van der Waals surface area (Å²) in [5, 5.41) is 8.78. The minimum Gasteiger partial charge on any atom is -0.491 e. The number of ether oxygens (including phenoxy) is 2. The molecule has 0 aliphatic carbocycles. The fourth-order valence-electron chi connectivity index (χ4n) is 3.25. The smallest absolute Gasteiger partial charge is 0.125 e. The first-order chi connectivity index (χ1) is 13.7. The van der Waals surface area contributed by atoms with Gasteiger partial charge in [-0.2, -0.15) is 10.9 Å². The maximum Gasteiger partial charge on any atom is 0.125 e. The lowest BCUT2D eigenvalue weighted by Crippen LogP contribution is -2.10. The third-order valence-electron chi connectivity index (χ3n) is 4.44. The van der Waals surface area contributed by atoms with Gasteiger partial charge >= 0.3 is 0 Å². The van der Waals surface area contributed by atoms with Crippen LogP contribution >= 0.6 is 10.9 Å². The van der Waals surface area contributed by atoms with Crippen molar-refractivity contribution in [2.45, 2.75) is 28.5 Å². The third-order valence-corrected chi connectivity index (χ3v) is 6.85. The van der Waals surface area contributed by atoms with Crippen LogP contribution in [0.5, 0.6) is 5.75 Å². The molecule has 28 heavy (non-hydrogen) atoms. The van der Waals surface area contributed by atoms with E-state index in [-0.39, 0.29) is 6.61 Å². The molecule has 0 atom stereocenters. The van der Waals surface area contributed by atoms with Crippen molar-refractivity contribution in [3.8, 4) is 5.75 Å². The molecule has 0 unspecified atom stereocenters. The minimum atomic E-state index is -0.620. The minimum absolute atomic E-state index is 0.0370. The maximum atomic E-state index is 8.78. The number of hydrogen-bond donors (Lipinski definition) is 2. The molecule has 0 heterocycles. The monoisotopic (exact) mass is 396 g/mol. The van der Waals surface area contributed by atoms with Crippen molar-refractivity contribution in [1.29, 1.82) is 0 Å². The van der Waals surface area contributed by atoms with Gasteiger partial charge in [-0.3, -0.25) is 0 Å². The van der Waals surface area contributed by atoms with E-state index in [0.29, 0.717) is 19.8 Å². The molecular formula is C24H28O3S. The summed E-state index contributed by atoms with van der Waals surface area (Å²) in [6.07, 6.45) is 0. The highest BCUT2D eigenvalue weighted by Crippen LogP contribution is 2.52. The second-order valence-electron chi connectivity index (χ2n) is 6.60. The van der Waals surface area contributed by atoms with Gasteiger partial charge in [0.2, 0.25) is 0 Å². The SMILES string of the molecule is Cc1cc([SH](c2ccccc2)c2ccccc2)cc(C)c1OCCOCCO. The molecule has 0 saturated heterocycles. The van der Waals surface area contributed by atoms with Crippen molar-refractivity contribution in [3.05, 3.63) is 83.9 Å². The second kappa shape index (κ2) is 10.3. The predicted octanol–water partition coefficient (Wildman–Crippen LogP) is 5.17. The molecule has 0 spiro atoms. The third kappa shape index (κ3) is 5.16. The number of benzene rings is 3. The molecule has 3 nitrogen and oxygen atoms in total. The number of aliphatic hydroxyl groups excluding tert-OH is 1. The van der Waals surface area contributed by atoms with Crippen molar-refractivity contribution in [3.63, 3.8) is 0 Å². The zero-order chi connectivity index (χ0) is 19.8. The Morgan fingerprint density at radius 3 is 1.75 bits per heavy atom. The average Bonchev–Trinajstić information content (AvgIpc) is 2.71. The van der Waals surface area contributed by atoms with Crippen LogP contribution in [0.3, 0.4) is 0 Å². The van der Waals surface area contributed by atoms with E-state index in [0.717, 1.165) is 16.9 Å². The number of rotatable bonds is 9. The molecule has 3 rings (SSSR count). The van der Waals surface area contributed by atoms with Crippen molar-refractivity contribution in [1.82, 2.24) is 0 Å². The number of hydrogen-bond acceptors (Lipinski definition) is 3. The Morgan fingerprint density at radius 2 is 1.25 bits per heavy atom. The summed E-state index contributed by atoms with van der Waals surface area (Å²) in [5.74, 6) is 0.924. The van der Waals surface area contributed by atoms with Gasteiger partial charge in [-0.05, 0) is 76.1 Å². The Kier molecular flexibility index (Phi) is 7.54. The van der Waals surface area contributed by atoms with Gasteiger partial charge in [0.25, 0.3) is 0 Å². The fraction of sp³-hybridized carbons (Fsp3) is 0.250. The molecule has 3 aromatic carbocycles. The Morgan fingerprint density at radius 1 is 0.714 bits per heavy atom. The van der Waals surface area contributed by atoms with E-state index >= 15 is 0 Å². The van der Waals surface area contributed by atoms with E-state index in [9.17, 15) is 0 Å². The summed E-state index contributed by atoms with van der Waals surface area (Å²) < 4.78 is 11.3. The lowest BCUT2D eigenvalue weighted by molar-refractivity contribution is 0.0702. The zero-order valence-electron chi connectivity index (χ0n) is 16.5. The van der Waals surface area contributed by atoms with Crippen LogP contribution in [0.25, 0.3) is 0 Å². The van der Waals surface area contributed by atoms with Gasteiger partial charge in [0.1, 0.15) is 12.4 Å². The molecule has 3 aromatic rings. The van der Waals surface area contributed by atoms with Crippen LogP contribution in [0.15, 0.2) is 87.5 Å². The van der Waals surface area contributed by atoms with Crippen LogP contribution < -0.4 is 4.74 Å². The Balaban J connectivity index is 1.89. The maximum absolute atomic E-state index is 8.78. The van der Waals surface area contributed by atoms with Gasteiger partial charge in [0.05, 0.1) is 19.8 Å². The van der Waals surface area contributed by atoms with Crippen LogP contribution in [0.1, 0.15) is 11.1 Å². The lowest BCUT2D eigenvalue weighted by Gasteiger charge is -2.25. The van der Waals surface area contributed by atoms with Crippen LogP contribution in [0.4, 0.5) is 0 Å². The molecule has 0 aliphatic heterocycles. The average molecular weight is 397 g/mol. The van der Waals surface area contributed by atoms with Crippen molar-refractivity contribution < 1.29 is 14.6 Å². The van der Waals surface area contributed by atoms with Gasteiger partial charge < -0.3 is 14.6 Å². The molecular weight excluding hydrogens is 368 g/mol. The van der Waals surface area contributed by atoms with Gasteiger partial charge in [-0.25, -0.2) is 0 Å². The number of aliphatic hydroxyl groups is 1. The fourth-order valence-corrected chi connectivity index (χ4v) is 5.74. The summed E-state index contributed by atoms with van der Waals surface area (Å²) in [6, 6.07) is 25.9. The summed E-state index contributed by atoms with van der Waals surface area (Å²) in [4.78, 5) is 4.01. The number of aryl methyl sites for hydroxylation is 2. The van der Waals surface area contributed by atoms with Crippen LogP contribution in [-0.2, 0) is 4.74 Å². The normalized spacial score (nSPS) is 11.3. The zero-order valence-corrected chi connectivity index (χ0v) is 17.4. The predicted molar refractivity (Wildman–Crippen MR) is 116 cm³/mol. The molecule has 0 saturated carbocycles. The van der Waals surface area contributed by atoms with Gasteiger partial charge in [0, 0.05) is 0 Å². The number of thiol groups is 1. The summed E-state index contributed by atoms with van der Waals surface area (Å²) >= 11 is 0. The molecule has 0 radical (unpaired) electrons. The summed E-state index contributed by atoms with van der Waals surface area (Å²) in [7, 11) is -0.620. The molecule has 0 aromatic heterocycles. The molecule has 0 fully saturated rings. The highest BCUT2D eigenvalue weighted by molar-refractivity contribution is 8.17. The first kappa shape index (κ1) is 20.5. The van der Waals surface area contributed by atoms with Crippen molar-refractivity contribution in [2.24, 2.45) is 0 Å². The quantitative estimate of drug-likeness (QED) is 0.387. The molecule has 0 aliphatic rings. The summed E-state index contributed by atoms with van der Waals surface area (Å²) in [6.45, 7) is 5.54. The van der Waals surface area contributed by atoms with Gasteiger partial charge in [-0.15, -0.1) is 0 Å². The molecule has 0 bridgehead atoms. The highest BCUT2D eigenvalue weighted by Gasteiger charge is 2.15. The van der Waals surface area contributed by atoms with Crippen LogP contribution in [0.2, 0.25) is 0 Å². The molecule has 0 amide bonds. The van der Waals surface area contributed by atoms with E-state index in [1.54, 1.807) is 0 Å². The highest BCUT2D eigenvalue weighted by atomic mass is 32.2. The van der Waals surface area contributed by atoms with E-state index < -0.39 is 10.9 Å². The van der Waals surface area contributed by atoms with E-state index in [4.69, 9.17) is 14.6 Å².